The zero-order chi connectivity index (χ0) is 8.20. The minimum Gasteiger partial charge on any atom is -0.394 e. The number of carbonyl (C=O) groups excluding carboxylic acids is 1. The van der Waals surface area contributed by atoms with Gasteiger partial charge in [-0.05, 0) is 4.52 Å². The SMILES string of the molecule is CC(=O)NS(=O)(=O)N=NO. The van der Waals surface area contributed by atoms with Crippen LogP contribution in [-0.2, 0) is 15.0 Å². The van der Waals surface area contributed by atoms with Crippen LogP contribution < -0.4 is 4.72 Å². The zero-order valence-electron chi connectivity index (χ0n) is 4.97. The van der Waals surface area contributed by atoms with E-state index in [9.17, 15) is 13.2 Å². The third-order valence-corrected chi connectivity index (χ3v) is 1.25. The number of hydrogen-bond donors (Lipinski definition) is 2. The first-order valence-electron chi connectivity index (χ1n) is 2.07. The first kappa shape index (κ1) is 8.82. The number of nitrogens with zero attached hydrogens (tertiary/aromatic N) is 2. The molecule has 0 spiro atoms. The van der Waals surface area contributed by atoms with Crippen molar-refractivity contribution in [2.75, 3.05) is 0 Å². The van der Waals surface area contributed by atoms with Gasteiger partial charge < -0.3 is 5.21 Å². The molecular weight excluding hydrogens is 162 g/mol. The van der Waals surface area contributed by atoms with Gasteiger partial charge in [0.2, 0.25) is 5.91 Å². The Balaban J connectivity index is 4.30. The molecule has 0 aliphatic carbocycles. The highest BCUT2D eigenvalue weighted by Crippen LogP contribution is 1.84. The Kier molecular flexibility index (Phi) is 2.74. The van der Waals surface area contributed by atoms with Gasteiger partial charge in [-0.1, -0.05) is 0 Å². The number of hydrogen-bond acceptors (Lipinski definition) is 4. The van der Waals surface area contributed by atoms with Crippen LogP contribution in [0.25, 0.3) is 0 Å². The van der Waals surface area contributed by atoms with Crippen molar-refractivity contribution in [1.82, 2.24) is 4.72 Å². The van der Waals surface area contributed by atoms with Gasteiger partial charge in [-0.2, -0.15) is 8.42 Å². The van der Waals surface area contributed by atoms with E-state index in [2.05, 4.69) is 4.52 Å². The Morgan fingerprint density at radius 2 is 2.10 bits per heavy atom. The van der Waals surface area contributed by atoms with E-state index >= 15 is 0 Å². The van der Waals surface area contributed by atoms with Crippen molar-refractivity contribution in [2.45, 2.75) is 6.92 Å². The van der Waals surface area contributed by atoms with Gasteiger partial charge in [-0.25, -0.2) is 4.72 Å². The van der Waals surface area contributed by atoms with E-state index in [4.69, 9.17) is 5.21 Å². The summed E-state index contributed by atoms with van der Waals surface area (Å²) in [6, 6.07) is 0. The predicted octanol–water partition coefficient (Wildman–Crippen LogP) is -0.791. The maximum atomic E-state index is 10.3. The molecular formula is C2H5N3O4S. The summed E-state index contributed by atoms with van der Waals surface area (Å²) in [5, 5.41) is 9.63. The smallest absolute Gasteiger partial charge is 0.364 e. The second kappa shape index (κ2) is 3.11. The topological polar surface area (TPSA) is 108 Å². The van der Waals surface area contributed by atoms with Crippen LogP contribution in [0.3, 0.4) is 0 Å². The lowest BCUT2D eigenvalue weighted by molar-refractivity contribution is -0.117. The highest BCUT2D eigenvalue weighted by atomic mass is 32.2. The van der Waals surface area contributed by atoms with Crippen LogP contribution in [0.1, 0.15) is 6.92 Å². The Hall–Kier alpha value is -1.18. The molecule has 0 radical (unpaired) electrons. The molecule has 58 valence electrons. The van der Waals surface area contributed by atoms with Gasteiger partial charge >= 0.3 is 10.2 Å². The fraction of sp³-hybridized carbons (Fsp3) is 0.500. The van der Waals surface area contributed by atoms with Crippen molar-refractivity contribution in [3.05, 3.63) is 0 Å². The van der Waals surface area contributed by atoms with Crippen molar-refractivity contribution in [1.29, 1.82) is 0 Å². The van der Waals surface area contributed by atoms with E-state index < -0.39 is 16.1 Å². The Morgan fingerprint density at radius 1 is 1.60 bits per heavy atom. The molecule has 0 rings (SSSR count). The second-order valence-corrected chi connectivity index (χ2v) is 2.62. The standard InChI is InChI=1S/C2H5N3O4S/c1-2(6)3-10(8,9)5-4-7/h1H3,(H,3,6)(H,5,7). The summed E-state index contributed by atoms with van der Waals surface area (Å²) in [6.45, 7) is 0.991. The summed E-state index contributed by atoms with van der Waals surface area (Å²) in [5.41, 5.74) is 0. The molecule has 2 N–H and O–H groups in total. The second-order valence-electron chi connectivity index (χ2n) is 1.30. The molecule has 8 heteroatoms. The number of rotatable bonds is 2. The average molecular weight is 167 g/mol. The Bertz CT molecular complexity index is 241. The Labute approximate surface area is 56.9 Å². The number of nitrogens with one attached hydrogen (secondary N) is 1. The fourth-order valence-electron chi connectivity index (χ4n) is 0.250. The molecule has 0 unspecified atom stereocenters. The molecule has 10 heavy (non-hydrogen) atoms. The first-order chi connectivity index (χ1) is 4.48. The maximum absolute atomic E-state index is 10.3. The molecule has 1 amide bonds. The monoisotopic (exact) mass is 167 g/mol. The molecule has 0 heterocycles. The summed E-state index contributed by atoms with van der Waals surface area (Å²) in [5.74, 6) is -0.799. The van der Waals surface area contributed by atoms with Crippen LogP contribution >= 0.6 is 0 Å². The van der Waals surface area contributed by atoms with Crippen molar-refractivity contribution >= 4 is 16.1 Å². The summed E-state index contributed by atoms with van der Waals surface area (Å²) in [7, 11) is -4.12. The zero-order valence-corrected chi connectivity index (χ0v) is 5.79. The van der Waals surface area contributed by atoms with Gasteiger partial charge in [0.15, 0.2) is 0 Å². The lowest BCUT2D eigenvalue weighted by Crippen LogP contribution is -2.25. The summed E-state index contributed by atoms with van der Waals surface area (Å²) in [4.78, 5) is 10.1. The van der Waals surface area contributed by atoms with E-state index in [1.165, 1.54) is 4.72 Å². The molecule has 0 fully saturated rings. The van der Waals surface area contributed by atoms with Gasteiger partial charge in [-0.3, -0.25) is 4.79 Å². The summed E-state index contributed by atoms with van der Waals surface area (Å²) < 4.78 is 24.3. The highest BCUT2D eigenvalue weighted by molar-refractivity contribution is 7.88. The van der Waals surface area contributed by atoms with Crippen molar-refractivity contribution in [3.63, 3.8) is 0 Å². The molecule has 0 saturated heterocycles. The van der Waals surface area contributed by atoms with E-state index in [0.29, 0.717) is 0 Å². The molecule has 0 atom stereocenters. The van der Waals surface area contributed by atoms with Gasteiger partial charge in [-0.15, -0.1) is 0 Å². The largest absolute Gasteiger partial charge is 0.394 e. The minimum atomic E-state index is -4.12. The van der Waals surface area contributed by atoms with Gasteiger partial charge in [0.25, 0.3) is 0 Å². The van der Waals surface area contributed by atoms with Crippen LogP contribution in [0.5, 0.6) is 0 Å². The van der Waals surface area contributed by atoms with Gasteiger partial charge in [0.1, 0.15) is 0 Å². The molecule has 0 aromatic rings. The van der Waals surface area contributed by atoms with Crippen LogP contribution in [0, 0.1) is 0 Å². The fourth-order valence-corrected chi connectivity index (χ4v) is 0.750. The summed E-state index contributed by atoms with van der Waals surface area (Å²) >= 11 is 0. The van der Waals surface area contributed by atoms with E-state index in [1.807, 2.05) is 5.28 Å². The summed E-state index contributed by atoms with van der Waals surface area (Å²) in [6.07, 6.45) is 0. The Morgan fingerprint density at radius 3 is 2.40 bits per heavy atom. The van der Waals surface area contributed by atoms with E-state index in [0.717, 1.165) is 6.92 Å². The third kappa shape index (κ3) is 3.78. The number of carbonyl (C=O) groups is 1. The molecule has 0 bridgehead atoms. The molecule has 7 nitrogen and oxygen atoms in total. The molecule has 0 saturated carbocycles. The quantitative estimate of drug-likeness (QED) is 0.414. The highest BCUT2D eigenvalue weighted by Gasteiger charge is 2.08. The number of amides is 1. The average Bonchev–Trinajstić information content (AvgIpc) is 1.59. The minimum absolute atomic E-state index is 0.799. The van der Waals surface area contributed by atoms with Crippen molar-refractivity contribution < 1.29 is 18.4 Å². The van der Waals surface area contributed by atoms with Crippen molar-refractivity contribution in [3.8, 4) is 0 Å². The van der Waals surface area contributed by atoms with Gasteiger partial charge in [0, 0.05) is 12.2 Å². The van der Waals surface area contributed by atoms with Crippen molar-refractivity contribution in [2.24, 2.45) is 9.80 Å². The van der Waals surface area contributed by atoms with E-state index in [1.54, 1.807) is 0 Å². The van der Waals surface area contributed by atoms with Crippen LogP contribution in [0.2, 0.25) is 0 Å². The lowest BCUT2D eigenvalue weighted by Gasteiger charge is -1.92. The molecule has 0 aliphatic rings. The molecule has 0 aromatic heterocycles. The van der Waals surface area contributed by atoms with Gasteiger partial charge in [0.05, 0.1) is 0 Å². The molecule has 0 aromatic carbocycles. The van der Waals surface area contributed by atoms with Crippen LogP contribution in [0.15, 0.2) is 9.80 Å². The normalized spacial score (nSPS) is 11.7. The first-order valence-corrected chi connectivity index (χ1v) is 3.51. The lowest BCUT2D eigenvalue weighted by atomic mass is 10.8. The predicted molar refractivity (Wildman–Crippen MR) is 29.4 cm³/mol. The van der Waals surface area contributed by atoms with Crippen LogP contribution in [-0.4, -0.2) is 19.5 Å². The molecule has 0 aliphatic heterocycles. The van der Waals surface area contributed by atoms with E-state index in [-0.39, 0.29) is 0 Å². The third-order valence-electron chi connectivity index (χ3n) is 0.417. The van der Waals surface area contributed by atoms with Crippen LogP contribution in [0.4, 0.5) is 0 Å². The maximum Gasteiger partial charge on any atom is 0.364 e.